The van der Waals surface area contributed by atoms with E-state index in [4.69, 9.17) is 15.6 Å². The third-order valence-electron chi connectivity index (χ3n) is 3.32. The predicted octanol–water partition coefficient (Wildman–Crippen LogP) is 0.882. The van der Waals surface area contributed by atoms with E-state index < -0.39 is 17.9 Å². The molecular weight excluding hydrogens is 272 g/mol. The van der Waals surface area contributed by atoms with Crippen LogP contribution in [0.1, 0.15) is 18.5 Å². The van der Waals surface area contributed by atoms with Gasteiger partial charge in [0.05, 0.1) is 12.5 Å². The Morgan fingerprint density at radius 1 is 1.33 bits per heavy atom. The molecule has 2 atom stereocenters. The summed E-state index contributed by atoms with van der Waals surface area (Å²) in [6.07, 6.45) is 0. The number of rotatable bonds is 8. The fourth-order valence-corrected chi connectivity index (χ4v) is 2.04. The monoisotopic (exact) mass is 294 g/mol. The Morgan fingerprint density at radius 2 is 1.95 bits per heavy atom. The highest BCUT2D eigenvalue weighted by Crippen LogP contribution is 2.21. The lowest BCUT2D eigenvalue weighted by Gasteiger charge is -2.27. The third-order valence-corrected chi connectivity index (χ3v) is 3.32. The van der Waals surface area contributed by atoms with Gasteiger partial charge in [0.25, 0.3) is 0 Å². The normalized spacial score (nSPS) is 13.5. The first-order valence-corrected chi connectivity index (χ1v) is 6.77. The van der Waals surface area contributed by atoms with Crippen LogP contribution in [0.4, 0.5) is 0 Å². The van der Waals surface area contributed by atoms with Crippen LogP contribution in [0.2, 0.25) is 0 Å². The maximum atomic E-state index is 12.4. The number of carboxylic acid groups (broad SMARTS) is 1. The molecule has 1 amide bonds. The van der Waals surface area contributed by atoms with Crippen LogP contribution in [0.25, 0.3) is 0 Å². The Hall–Kier alpha value is -1.92. The Labute approximate surface area is 124 Å². The quantitative estimate of drug-likeness (QED) is 0.742. The summed E-state index contributed by atoms with van der Waals surface area (Å²) in [5.74, 6) is -1.85. The first-order valence-electron chi connectivity index (χ1n) is 6.77. The molecule has 21 heavy (non-hydrogen) atoms. The predicted molar refractivity (Wildman–Crippen MR) is 78.6 cm³/mol. The molecule has 0 fully saturated rings. The number of carbonyl (C=O) groups is 2. The van der Waals surface area contributed by atoms with Crippen LogP contribution in [-0.2, 0) is 14.3 Å². The molecule has 0 aromatic heterocycles. The largest absolute Gasteiger partial charge is 0.480 e. The van der Waals surface area contributed by atoms with E-state index in [9.17, 15) is 9.59 Å². The first-order chi connectivity index (χ1) is 9.97. The van der Waals surface area contributed by atoms with Crippen LogP contribution in [0.15, 0.2) is 30.3 Å². The lowest BCUT2D eigenvalue weighted by Crippen LogP contribution is -2.43. The molecular formula is C15H22N2O4. The first kappa shape index (κ1) is 17.1. The molecule has 6 heteroatoms. The van der Waals surface area contributed by atoms with Crippen molar-refractivity contribution in [3.05, 3.63) is 35.9 Å². The standard InChI is InChI=1S/C15H22N2O4/c1-11(14(16)12-6-4-3-5-7-12)15(20)17(8-9-21-2)10-13(18)19/h3-7,11,14H,8-10,16H2,1-2H3,(H,18,19). The van der Waals surface area contributed by atoms with Gasteiger partial charge < -0.3 is 20.5 Å². The van der Waals surface area contributed by atoms with E-state index in [2.05, 4.69) is 0 Å². The average Bonchev–Trinajstić information content (AvgIpc) is 2.49. The molecule has 0 radical (unpaired) electrons. The molecule has 0 spiro atoms. The summed E-state index contributed by atoms with van der Waals surface area (Å²) < 4.78 is 4.91. The van der Waals surface area contributed by atoms with E-state index in [0.717, 1.165) is 5.56 Å². The summed E-state index contributed by atoms with van der Waals surface area (Å²) in [5.41, 5.74) is 6.96. The van der Waals surface area contributed by atoms with Gasteiger partial charge in [-0.2, -0.15) is 0 Å². The maximum Gasteiger partial charge on any atom is 0.323 e. The highest BCUT2D eigenvalue weighted by Gasteiger charge is 2.27. The molecule has 1 aromatic rings. The Kier molecular flexibility index (Phi) is 6.84. The topological polar surface area (TPSA) is 92.9 Å². The van der Waals surface area contributed by atoms with Gasteiger partial charge in [-0.15, -0.1) is 0 Å². The molecule has 0 aliphatic carbocycles. The number of hydrogen-bond donors (Lipinski definition) is 2. The average molecular weight is 294 g/mol. The van der Waals surface area contributed by atoms with E-state index in [1.165, 1.54) is 12.0 Å². The zero-order valence-corrected chi connectivity index (χ0v) is 12.4. The van der Waals surface area contributed by atoms with E-state index in [0.29, 0.717) is 0 Å². The number of aliphatic carboxylic acids is 1. The van der Waals surface area contributed by atoms with Gasteiger partial charge in [-0.05, 0) is 5.56 Å². The van der Waals surface area contributed by atoms with Crippen molar-refractivity contribution < 1.29 is 19.4 Å². The van der Waals surface area contributed by atoms with Crippen molar-refractivity contribution in [3.63, 3.8) is 0 Å². The van der Waals surface area contributed by atoms with E-state index in [-0.39, 0.29) is 25.6 Å². The van der Waals surface area contributed by atoms with Crippen molar-refractivity contribution in [2.24, 2.45) is 11.7 Å². The highest BCUT2D eigenvalue weighted by molar-refractivity contribution is 5.83. The van der Waals surface area contributed by atoms with Gasteiger partial charge in [-0.3, -0.25) is 9.59 Å². The molecule has 0 heterocycles. The molecule has 6 nitrogen and oxygen atoms in total. The lowest BCUT2D eigenvalue weighted by molar-refractivity contribution is -0.146. The fraction of sp³-hybridized carbons (Fsp3) is 0.467. The van der Waals surface area contributed by atoms with Crippen molar-refractivity contribution in [2.75, 3.05) is 26.8 Å². The van der Waals surface area contributed by atoms with Gasteiger partial charge in [0, 0.05) is 19.7 Å². The van der Waals surface area contributed by atoms with Gasteiger partial charge >= 0.3 is 5.97 Å². The number of carbonyl (C=O) groups excluding carboxylic acids is 1. The van der Waals surface area contributed by atoms with Crippen LogP contribution in [0.3, 0.4) is 0 Å². The van der Waals surface area contributed by atoms with Gasteiger partial charge in [0.15, 0.2) is 0 Å². The smallest absolute Gasteiger partial charge is 0.323 e. The third kappa shape index (κ3) is 5.17. The number of amides is 1. The minimum absolute atomic E-state index is 0.230. The van der Waals surface area contributed by atoms with Crippen molar-refractivity contribution in [1.82, 2.24) is 4.90 Å². The SMILES string of the molecule is COCCN(CC(=O)O)C(=O)C(C)C(N)c1ccccc1. The van der Waals surface area contributed by atoms with E-state index in [1.807, 2.05) is 30.3 Å². The second kappa shape index (κ2) is 8.39. The number of nitrogens with zero attached hydrogens (tertiary/aromatic N) is 1. The summed E-state index contributed by atoms with van der Waals surface area (Å²) >= 11 is 0. The summed E-state index contributed by atoms with van der Waals surface area (Å²) in [6, 6.07) is 8.81. The lowest BCUT2D eigenvalue weighted by atomic mass is 9.94. The molecule has 116 valence electrons. The second-order valence-electron chi connectivity index (χ2n) is 4.87. The molecule has 0 saturated carbocycles. The minimum Gasteiger partial charge on any atom is -0.480 e. The Bertz CT molecular complexity index is 464. The van der Waals surface area contributed by atoms with Crippen LogP contribution < -0.4 is 5.73 Å². The Balaban J connectivity index is 2.79. The van der Waals surface area contributed by atoms with Crippen molar-refractivity contribution in [2.45, 2.75) is 13.0 Å². The number of hydrogen-bond acceptors (Lipinski definition) is 4. The van der Waals surface area contributed by atoms with Crippen LogP contribution >= 0.6 is 0 Å². The molecule has 0 saturated heterocycles. The van der Waals surface area contributed by atoms with Gasteiger partial charge in [0.1, 0.15) is 6.54 Å². The van der Waals surface area contributed by atoms with Crippen molar-refractivity contribution in [1.29, 1.82) is 0 Å². The second-order valence-corrected chi connectivity index (χ2v) is 4.87. The summed E-state index contributed by atoms with van der Waals surface area (Å²) in [5, 5.41) is 8.90. The number of nitrogens with two attached hydrogens (primary N) is 1. The fourth-order valence-electron chi connectivity index (χ4n) is 2.04. The number of carboxylic acids is 1. The van der Waals surface area contributed by atoms with Crippen molar-refractivity contribution in [3.8, 4) is 0 Å². The van der Waals surface area contributed by atoms with E-state index >= 15 is 0 Å². The number of ether oxygens (including phenoxy) is 1. The molecule has 2 unspecified atom stereocenters. The van der Waals surface area contributed by atoms with Gasteiger partial charge in [0.2, 0.25) is 5.91 Å². The maximum absolute atomic E-state index is 12.4. The number of benzene rings is 1. The molecule has 0 bridgehead atoms. The van der Waals surface area contributed by atoms with Crippen LogP contribution in [-0.4, -0.2) is 48.7 Å². The summed E-state index contributed by atoms with van der Waals surface area (Å²) in [7, 11) is 1.50. The van der Waals surface area contributed by atoms with Crippen LogP contribution in [0, 0.1) is 5.92 Å². The molecule has 0 aliphatic heterocycles. The number of methoxy groups -OCH3 is 1. The highest BCUT2D eigenvalue weighted by atomic mass is 16.5. The zero-order valence-electron chi connectivity index (χ0n) is 12.4. The van der Waals surface area contributed by atoms with Crippen LogP contribution in [0.5, 0.6) is 0 Å². The Morgan fingerprint density at radius 3 is 2.48 bits per heavy atom. The molecule has 1 aromatic carbocycles. The molecule has 0 aliphatic rings. The summed E-state index contributed by atoms with van der Waals surface area (Å²) in [6.45, 7) is 1.87. The molecule has 1 rings (SSSR count). The van der Waals surface area contributed by atoms with Crippen molar-refractivity contribution >= 4 is 11.9 Å². The van der Waals surface area contributed by atoms with Gasteiger partial charge in [-0.25, -0.2) is 0 Å². The van der Waals surface area contributed by atoms with E-state index in [1.54, 1.807) is 6.92 Å². The molecule has 3 N–H and O–H groups in total. The van der Waals surface area contributed by atoms with Gasteiger partial charge in [-0.1, -0.05) is 37.3 Å². The summed E-state index contributed by atoms with van der Waals surface area (Å²) in [4.78, 5) is 24.6. The zero-order chi connectivity index (χ0) is 15.8. The minimum atomic E-state index is -1.06.